The average Bonchev–Trinajstić information content (AvgIpc) is 2.72. The number of hydrogen-bond acceptors (Lipinski definition) is 4. The van der Waals surface area contributed by atoms with Gasteiger partial charge in [-0.25, -0.2) is 0 Å². The Morgan fingerprint density at radius 3 is 2.21 bits per heavy atom. The second kappa shape index (κ2) is 10.4. The largest absolute Gasteiger partial charge is 0.493 e. The van der Waals surface area contributed by atoms with Crippen molar-refractivity contribution < 1.29 is 14.2 Å². The third kappa shape index (κ3) is 6.03. The van der Waals surface area contributed by atoms with Crippen LogP contribution in [0.2, 0.25) is 0 Å². The van der Waals surface area contributed by atoms with Crippen LogP contribution in [0.25, 0.3) is 0 Å². The van der Waals surface area contributed by atoms with Gasteiger partial charge in [0.15, 0.2) is 11.5 Å². The molecule has 4 nitrogen and oxygen atoms in total. The molecule has 0 atom stereocenters. The number of rotatable bonds is 10. The van der Waals surface area contributed by atoms with Gasteiger partial charge in [0.2, 0.25) is 0 Å². The molecule has 3 aromatic carbocycles. The third-order valence-corrected chi connectivity index (χ3v) is 4.32. The summed E-state index contributed by atoms with van der Waals surface area (Å²) in [5, 5.41) is 3.47. The lowest BCUT2D eigenvalue weighted by Crippen LogP contribution is -2.13. The Hall–Kier alpha value is -2.98. The molecule has 28 heavy (non-hydrogen) atoms. The molecule has 0 bridgehead atoms. The molecule has 0 spiro atoms. The zero-order valence-corrected chi connectivity index (χ0v) is 16.5. The molecule has 1 N–H and O–H groups in total. The molecular weight excluding hydrogens is 350 g/mol. The molecule has 0 heterocycles. The summed E-state index contributed by atoms with van der Waals surface area (Å²) in [5.74, 6) is 2.30. The van der Waals surface area contributed by atoms with Crippen LogP contribution in [0.15, 0.2) is 72.8 Å². The fourth-order valence-corrected chi connectivity index (χ4v) is 2.94. The van der Waals surface area contributed by atoms with Crippen LogP contribution in [0.3, 0.4) is 0 Å². The summed E-state index contributed by atoms with van der Waals surface area (Å²) in [5.41, 5.74) is 3.71. The SMILES string of the molecule is COc1cc(CNCc2cccc(C)c2)ccc1OCCOc1ccccc1. The van der Waals surface area contributed by atoms with E-state index in [1.165, 1.54) is 11.1 Å². The quantitative estimate of drug-likeness (QED) is 0.518. The number of aryl methyl sites for hydroxylation is 1. The molecule has 0 aliphatic heterocycles. The summed E-state index contributed by atoms with van der Waals surface area (Å²) in [6, 6.07) is 24.3. The zero-order chi connectivity index (χ0) is 19.6. The second-order valence-electron chi connectivity index (χ2n) is 6.59. The normalized spacial score (nSPS) is 10.5. The predicted octanol–water partition coefficient (Wildman–Crippen LogP) is 4.75. The van der Waals surface area contributed by atoms with E-state index in [1.54, 1.807) is 7.11 Å². The summed E-state index contributed by atoms with van der Waals surface area (Å²) < 4.78 is 17.0. The van der Waals surface area contributed by atoms with Crippen LogP contribution in [0, 0.1) is 6.92 Å². The Balaban J connectivity index is 1.47. The maximum absolute atomic E-state index is 5.82. The van der Waals surface area contributed by atoms with Gasteiger partial charge in [0, 0.05) is 13.1 Å². The van der Waals surface area contributed by atoms with Crippen molar-refractivity contribution in [1.82, 2.24) is 5.32 Å². The highest BCUT2D eigenvalue weighted by molar-refractivity contribution is 5.43. The minimum atomic E-state index is 0.455. The van der Waals surface area contributed by atoms with Gasteiger partial charge in [-0.05, 0) is 42.3 Å². The van der Waals surface area contributed by atoms with Crippen molar-refractivity contribution in [2.24, 2.45) is 0 Å². The van der Waals surface area contributed by atoms with E-state index in [1.807, 2.05) is 42.5 Å². The third-order valence-electron chi connectivity index (χ3n) is 4.32. The molecular formula is C24H27NO3. The maximum atomic E-state index is 5.82. The molecule has 3 rings (SSSR count). The van der Waals surface area contributed by atoms with Crippen LogP contribution in [-0.4, -0.2) is 20.3 Å². The summed E-state index contributed by atoms with van der Waals surface area (Å²) in [7, 11) is 1.66. The highest BCUT2D eigenvalue weighted by atomic mass is 16.5. The van der Waals surface area contributed by atoms with Gasteiger partial charge in [-0.2, -0.15) is 0 Å². The van der Waals surface area contributed by atoms with Gasteiger partial charge in [0.25, 0.3) is 0 Å². The zero-order valence-electron chi connectivity index (χ0n) is 16.5. The van der Waals surface area contributed by atoms with Crippen LogP contribution >= 0.6 is 0 Å². The van der Waals surface area contributed by atoms with Gasteiger partial charge < -0.3 is 19.5 Å². The van der Waals surface area contributed by atoms with Crippen LogP contribution in [0.1, 0.15) is 16.7 Å². The van der Waals surface area contributed by atoms with Crippen LogP contribution in [0.5, 0.6) is 17.2 Å². The van der Waals surface area contributed by atoms with Crippen molar-refractivity contribution in [2.45, 2.75) is 20.0 Å². The Morgan fingerprint density at radius 2 is 1.46 bits per heavy atom. The van der Waals surface area contributed by atoms with Crippen molar-refractivity contribution in [3.63, 3.8) is 0 Å². The molecule has 0 saturated heterocycles. The summed E-state index contributed by atoms with van der Waals surface area (Å²) >= 11 is 0. The number of benzene rings is 3. The van der Waals surface area contributed by atoms with Gasteiger partial charge in [0.05, 0.1) is 7.11 Å². The smallest absolute Gasteiger partial charge is 0.161 e. The van der Waals surface area contributed by atoms with E-state index in [0.717, 1.165) is 35.9 Å². The molecule has 0 amide bonds. The fraction of sp³-hybridized carbons (Fsp3) is 0.250. The fourth-order valence-electron chi connectivity index (χ4n) is 2.94. The van der Waals surface area contributed by atoms with Crippen molar-refractivity contribution in [1.29, 1.82) is 0 Å². The van der Waals surface area contributed by atoms with E-state index < -0.39 is 0 Å². The number of ether oxygens (including phenoxy) is 3. The molecule has 4 heteroatoms. The lowest BCUT2D eigenvalue weighted by molar-refractivity contribution is 0.211. The van der Waals surface area contributed by atoms with Crippen molar-refractivity contribution >= 4 is 0 Å². The standard InChI is InChI=1S/C24H27NO3/c1-19-7-6-8-20(15-19)17-25-18-21-11-12-23(24(16-21)26-2)28-14-13-27-22-9-4-3-5-10-22/h3-12,15-16,25H,13-14,17-18H2,1-2H3. The van der Waals surface area contributed by atoms with Crippen molar-refractivity contribution in [2.75, 3.05) is 20.3 Å². The predicted molar refractivity (Wildman–Crippen MR) is 112 cm³/mol. The van der Waals surface area contributed by atoms with E-state index in [2.05, 4.69) is 42.6 Å². The van der Waals surface area contributed by atoms with Crippen molar-refractivity contribution in [3.8, 4) is 17.2 Å². The van der Waals surface area contributed by atoms with Gasteiger partial charge in [0.1, 0.15) is 19.0 Å². The second-order valence-corrected chi connectivity index (χ2v) is 6.59. The molecule has 0 unspecified atom stereocenters. The molecule has 0 aliphatic carbocycles. The first-order valence-corrected chi connectivity index (χ1v) is 9.48. The van der Waals surface area contributed by atoms with E-state index in [0.29, 0.717) is 13.2 Å². The molecule has 0 aliphatic rings. The summed E-state index contributed by atoms with van der Waals surface area (Å²) in [4.78, 5) is 0. The Bertz CT molecular complexity index is 865. The van der Waals surface area contributed by atoms with E-state index >= 15 is 0 Å². The molecule has 0 radical (unpaired) electrons. The van der Waals surface area contributed by atoms with Crippen LogP contribution < -0.4 is 19.5 Å². The van der Waals surface area contributed by atoms with Gasteiger partial charge >= 0.3 is 0 Å². The lowest BCUT2D eigenvalue weighted by Gasteiger charge is -2.13. The molecule has 3 aromatic rings. The molecule has 0 fully saturated rings. The van der Waals surface area contributed by atoms with E-state index in [4.69, 9.17) is 14.2 Å². The lowest BCUT2D eigenvalue weighted by atomic mass is 10.1. The molecule has 0 saturated carbocycles. The maximum Gasteiger partial charge on any atom is 0.161 e. The van der Waals surface area contributed by atoms with E-state index in [9.17, 15) is 0 Å². The van der Waals surface area contributed by atoms with Gasteiger partial charge in [-0.3, -0.25) is 0 Å². The topological polar surface area (TPSA) is 39.7 Å². The van der Waals surface area contributed by atoms with Gasteiger partial charge in [-0.1, -0.05) is 54.1 Å². The number of nitrogens with one attached hydrogen (secondary N) is 1. The van der Waals surface area contributed by atoms with Gasteiger partial charge in [-0.15, -0.1) is 0 Å². The highest BCUT2D eigenvalue weighted by Crippen LogP contribution is 2.28. The van der Waals surface area contributed by atoms with Crippen LogP contribution in [-0.2, 0) is 13.1 Å². The first-order chi connectivity index (χ1) is 13.7. The molecule has 0 aromatic heterocycles. The van der Waals surface area contributed by atoms with Crippen molar-refractivity contribution in [3.05, 3.63) is 89.5 Å². The highest BCUT2D eigenvalue weighted by Gasteiger charge is 2.06. The first kappa shape index (κ1) is 19.8. The first-order valence-electron chi connectivity index (χ1n) is 9.48. The minimum absolute atomic E-state index is 0.455. The monoisotopic (exact) mass is 377 g/mol. The minimum Gasteiger partial charge on any atom is -0.493 e. The number of hydrogen-bond donors (Lipinski definition) is 1. The Morgan fingerprint density at radius 1 is 0.714 bits per heavy atom. The average molecular weight is 377 g/mol. The van der Waals surface area contributed by atoms with E-state index in [-0.39, 0.29) is 0 Å². The number of para-hydroxylation sites is 1. The number of methoxy groups -OCH3 is 1. The molecule has 146 valence electrons. The summed E-state index contributed by atoms with van der Waals surface area (Å²) in [6.45, 7) is 4.64. The Kier molecular flexibility index (Phi) is 7.33. The van der Waals surface area contributed by atoms with Crippen LogP contribution in [0.4, 0.5) is 0 Å². The Labute approximate surface area is 167 Å². The summed E-state index contributed by atoms with van der Waals surface area (Å²) in [6.07, 6.45) is 0.